The van der Waals surface area contributed by atoms with Crippen molar-refractivity contribution in [3.05, 3.63) is 54.5 Å². The van der Waals surface area contributed by atoms with Crippen molar-refractivity contribution >= 4 is 16.7 Å². The maximum absolute atomic E-state index is 14.9. The van der Waals surface area contributed by atoms with Gasteiger partial charge in [-0.15, -0.1) is 0 Å². The van der Waals surface area contributed by atoms with Gasteiger partial charge in [0.05, 0.1) is 25.5 Å². The highest BCUT2D eigenvalue weighted by molar-refractivity contribution is 5.92. The Morgan fingerprint density at radius 1 is 0.967 bits per heavy atom. The van der Waals surface area contributed by atoms with Crippen molar-refractivity contribution in [3.63, 3.8) is 0 Å². The van der Waals surface area contributed by atoms with E-state index in [1.54, 1.807) is 31.7 Å². The van der Waals surface area contributed by atoms with Crippen molar-refractivity contribution in [1.82, 2.24) is 19.9 Å². The lowest BCUT2D eigenvalue weighted by atomic mass is 10.1. The second-order valence-corrected chi connectivity index (χ2v) is 6.26. The second kappa shape index (κ2) is 7.86. The lowest BCUT2D eigenvalue weighted by Gasteiger charge is -2.14. The van der Waals surface area contributed by atoms with Crippen LogP contribution >= 0.6 is 0 Å². The molecule has 1 aromatic carbocycles. The number of benzene rings is 1. The highest BCUT2D eigenvalue weighted by Crippen LogP contribution is 2.38. The van der Waals surface area contributed by atoms with Gasteiger partial charge in [-0.3, -0.25) is 4.98 Å². The van der Waals surface area contributed by atoms with Crippen molar-refractivity contribution in [3.8, 4) is 34.1 Å². The number of hydrogen-bond acceptors (Lipinski definition) is 7. The molecule has 0 radical (unpaired) electrons. The predicted octanol–water partition coefficient (Wildman–Crippen LogP) is 4.09. The second-order valence-electron chi connectivity index (χ2n) is 6.26. The summed E-state index contributed by atoms with van der Waals surface area (Å²) in [5, 5.41) is 3.48. The third-order valence-corrected chi connectivity index (χ3v) is 4.55. The summed E-state index contributed by atoms with van der Waals surface area (Å²) in [6.45, 7) is 0. The number of nitrogens with zero attached hydrogens (tertiary/aromatic N) is 4. The quantitative estimate of drug-likeness (QED) is 0.532. The van der Waals surface area contributed by atoms with E-state index >= 15 is 0 Å². The van der Waals surface area contributed by atoms with Crippen LogP contribution in [0.3, 0.4) is 0 Å². The van der Waals surface area contributed by atoms with E-state index < -0.39 is 11.6 Å². The highest BCUT2D eigenvalue weighted by atomic mass is 19.1. The Kier molecular flexibility index (Phi) is 5.09. The van der Waals surface area contributed by atoms with Crippen LogP contribution in [0.5, 0.6) is 11.5 Å². The molecule has 0 amide bonds. The molecule has 0 aliphatic heterocycles. The summed E-state index contributed by atoms with van der Waals surface area (Å²) in [6, 6.07) is 6.29. The summed E-state index contributed by atoms with van der Waals surface area (Å²) < 4.78 is 39.9. The summed E-state index contributed by atoms with van der Waals surface area (Å²) in [5.74, 6) is -1.26. The Labute approximate surface area is 170 Å². The summed E-state index contributed by atoms with van der Waals surface area (Å²) in [5.41, 5.74) is 0.934. The molecule has 0 fully saturated rings. The fraction of sp³-hybridized carbons (Fsp3) is 0.143. The average molecular weight is 409 g/mol. The molecule has 4 aromatic rings. The van der Waals surface area contributed by atoms with Crippen LogP contribution in [0.15, 0.2) is 42.9 Å². The summed E-state index contributed by atoms with van der Waals surface area (Å²) in [4.78, 5) is 17.4. The van der Waals surface area contributed by atoms with Crippen molar-refractivity contribution in [1.29, 1.82) is 0 Å². The van der Waals surface area contributed by atoms with Crippen LogP contribution in [0.2, 0.25) is 0 Å². The Bertz CT molecular complexity index is 1210. The lowest BCUT2D eigenvalue weighted by molar-refractivity contribution is 0.359. The van der Waals surface area contributed by atoms with Gasteiger partial charge in [0.2, 0.25) is 0 Å². The first-order valence-electron chi connectivity index (χ1n) is 8.93. The fourth-order valence-electron chi connectivity index (χ4n) is 3.09. The van der Waals surface area contributed by atoms with Gasteiger partial charge in [-0.2, -0.15) is 0 Å². The molecule has 0 unspecified atom stereocenters. The van der Waals surface area contributed by atoms with E-state index in [9.17, 15) is 8.78 Å². The van der Waals surface area contributed by atoms with Crippen LogP contribution in [0.4, 0.5) is 14.6 Å². The molecule has 152 valence electrons. The van der Waals surface area contributed by atoms with Crippen molar-refractivity contribution in [2.24, 2.45) is 0 Å². The molecule has 0 spiro atoms. The van der Waals surface area contributed by atoms with Gasteiger partial charge in [0.15, 0.2) is 34.8 Å². The molecule has 3 aromatic heterocycles. The third-order valence-electron chi connectivity index (χ3n) is 4.55. The third kappa shape index (κ3) is 3.24. The van der Waals surface area contributed by atoms with Gasteiger partial charge in [-0.05, 0) is 18.2 Å². The summed E-state index contributed by atoms with van der Waals surface area (Å²) >= 11 is 0. The van der Waals surface area contributed by atoms with E-state index in [0.29, 0.717) is 22.5 Å². The molecule has 0 atom stereocenters. The summed E-state index contributed by atoms with van der Waals surface area (Å²) in [6.07, 6.45) is 4.88. The maximum Gasteiger partial charge on any atom is 0.177 e. The Balaban J connectivity index is 1.94. The molecule has 7 nitrogen and oxygen atoms in total. The average Bonchev–Trinajstić information content (AvgIpc) is 2.79. The van der Waals surface area contributed by atoms with E-state index in [4.69, 9.17) is 9.47 Å². The SMILES string of the molecule is CNc1nc(-c2c(F)c(OC)cc(OC)c2F)cc2cnc(-c3cccnc3)nc12. The minimum Gasteiger partial charge on any atom is -0.494 e. The number of fused-ring (bicyclic) bond motifs is 1. The van der Waals surface area contributed by atoms with Crippen molar-refractivity contribution in [2.45, 2.75) is 0 Å². The van der Waals surface area contributed by atoms with Crippen LogP contribution in [-0.4, -0.2) is 41.2 Å². The molecular weight excluding hydrogens is 392 g/mol. The van der Waals surface area contributed by atoms with E-state index in [-0.39, 0.29) is 22.8 Å². The van der Waals surface area contributed by atoms with Crippen LogP contribution in [0.1, 0.15) is 0 Å². The smallest absolute Gasteiger partial charge is 0.177 e. The van der Waals surface area contributed by atoms with Crippen molar-refractivity contribution in [2.75, 3.05) is 26.6 Å². The first kappa shape index (κ1) is 19.4. The fourth-order valence-corrected chi connectivity index (χ4v) is 3.09. The standard InChI is InChI=1S/C21H17F2N5O2/c1-24-21-19-12(10-26-20(28-19)11-5-4-6-25-9-11)7-13(27-21)16-17(22)14(29-2)8-15(30-3)18(16)23/h4-10H,1-3H3,(H,24,27). The van der Waals surface area contributed by atoms with Crippen LogP contribution < -0.4 is 14.8 Å². The van der Waals surface area contributed by atoms with E-state index in [1.807, 2.05) is 6.07 Å². The number of ether oxygens (including phenoxy) is 2. The van der Waals surface area contributed by atoms with Gasteiger partial charge in [0.1, 0.15) is 5.52 Å². The number of methoxy groups -OCH3 is 2. The van der Waals surface area contributed by atoms with Gasteiger partial charge in [-0.1, -0.05) is 0 Å². The monoisotopic (exact) mass is 409 g/mol. The number of hydrogen-bond donors (Lipinski definition) is 1. The molecular formula is C21H17F2N5O2. The predicted molar refractivity (Wildman–Crippen MR) is 109 cm³/mol. The minimum atomic E-state index is -0.877. The zero-order valence-corrected chi connectivity index (χ0v) is 16.4. The molecule has 3 heterocycles. The van der Waals surface area contributed by atoms with Gasteiger partial charge >= 0.3 is 0 Å². The van der Waals surface area contributed by atoms with Gasteiger partial charge < -0.3 is 14.8 Å². The Morgan fingerprint density at radius 2 is 1.70 bits per heavy atom. The topological polar surface area (TPSA) is 82.1 Å². The molecule has 0 aliphatic rings. The molecule has 0 bridgehead atoms. The van der Waals surface area contributed by atoms with Gasteiger partial charge in [0.25, 0.3) is 0 Å². The minimum absolute atomic E-state index is 0.0526. The zero-order valence-electron chi connectivity index (χ0n) is 16.4. The maximum atomic E-state index is 14.9. The lowest BCUT2D eigenvalue weighted by Crippen LogP contribution is -2.03. The van der Waals surface area contributed by atoms with Crippen molar-refractivity contribution < 1.29 is 18.3 Å². The Morgan fingerprint density at radius 3 is 2.30 bits per heavy atom. The Hall–Kier alpha value is -3.88. The molecule has 1 N–H and O–H groups in total. The number of rotatable bonds is 5. The zero-order chi connectivity index (χ0) is 21.3. The van der Waals surface area contributed by atoms with Crippen LogP contribution in [-0.2, 0) is 0 Å². The van der Waals surface area contributed by atoms with Crippen LogP contribution in [0.25, 0.3) is 33.5 Å². The number of pyridine rings is 2. The number of aromatic nitrogens is 4. The molecule has 0 saturated carbocycles. The molecule has 9 heteroatoms. The van der Waals surface area contributed by atoms with E-state index in [0.717, 1.165) is 11.6 Å². The number of halogens is 2. The van der Waals surface area contributed by atoms with Gasteiger partial charge in [0, 0.05) is 42.7 Å². The molecule has 0 saturated heterocycles. The summed E-state index contributed by atoms with van der Waals surface area (Å²) in [7, 11) is 4.23. The molecule has 30 heavy (non-hydrogen) atoms. The van der Waals surface area contributed by atoms with E-state index in [1.165, 1.54) is 20.3 Å². The number of nitrogens with one attached hydrogen (secondary N) is 1. The van der Waals surface area contributed by atoms with Crippen LogP contribution in [0, 0.1) is 11.6 Å². The molecule has 0 aliphatic carbocycles. The first-order chi connectivity index (χ1) is 14.6. The number of anilines is 1. The van der Waals surface area contributed by atoms with E-state index in [2.05, 4.69) is 25.3 Å². The largest absolute Gasteiger partial charge is 0.494 e. The normalized spacial score (nSPS) is 10.8. The molecule has 4 rings (SSSR count). The van der Waals surface area contributed by atoms with Gasteiger partial charge in [-0.25, -0.2) is 23.7 Å². The highest BCUT2D eigenvalue weighted by Gasteiger charge is 2.23. The first-order valence-corrected chi connectivity index (χ1v) is 8.93.